The minimum Gasteiger partial charge on any atom is -0.406 e. The lowest BCUT2D eigenvalue weighted by atomic mass is 10.1. The number of carbonyl (C=O) groups excluding carboxylic acids is 1. The van der Waals surface area contributed by atoms with Crippen LogP contribution in [0.15, 0.2) is 72.8 Å². The summed E-state index contributed by atoms with van der Waals surface area (Å²) in [5.41, 5.74) is 4.34. The Labute approximate surface area is 204 Å². The van der Waals surface area contributed by atoms with Gasteiger partial charge in [-0.05, 0) is 73.5 Å². The van der Waals surface area contributed by atoms with Gasteiger partial charge in [0.05, 0.1) is 22.6 Å². The van der Waals surface area contributed by atoms with Gasteiger partial charge in [-0.2, -0.15) is 10.4 Å². The number of hydrogen-bond donors (Lipinski definition) is 2. The second-order valence-corrected chi connectivity index (χ2v) is 7.90. The highest BCUT2D eigenvalue weighted by Crippen LogP contribution is 2.29. The van der Waals surface area contributed by atoms with Crippen LogP contribution in [0.4, 0.5) is 29.5 Å². The molecule has 0 atom stereocenters. The number of nitriles is 1. The number of urea groups is 1. The Morgan fingerprint density at radius 3 is 2.36 bits per heavy atom. The molecule has 0 spiro atoms. The lowest BCUT2D eigenvalue weighted by Gasteiger charge is -2.12. The molecular weight excluding hydrogens is 471 g/mol. The molecule has 0 saturated heterocycles. The van der Waals surface area contributed by atoms with Gasteiger partial charge in [0, 0.05) is 11.6 Å². The van der Waals surface area contributed by atoms with Gasteiger partial charge in [0.15, 0.2) is 0 Å². The fraction of sp³-hybridized carbons (Fsp3) is 0.115. The summed E-state index contributed by atoms with van der Waals surface area (Å²) in [5.74, 6) is -0.0375. The van der Waals surface area contributed by atoms with E-state index in [-0.39, 0.29) is 5.75 Å². The van der Waals surface area contributed by atoms with Crippen LogP contribution >= 0.6 is 0 Å². The second-order valence-electron chi connectivity index (χ2n) is 7.90. The summed E-state index contributed by atoms with van der Waals surface area (Å²) < 4.78 is 42.9. The van der Waals surface area contributed by atoms with E-state index in [4.69, 9.17) is 0 Å². The number of hydrogen-bond acceptors (Lipinski definition) is 4. The first kappa shape index (κ1) is 24.3. The number of para-hydroxylation sites is 1. The van der Waals surface area contributed by atoms with E-state index in [2.05, 4.69) is 20.5 Å². The Balaban J connectivity index is 1.67. The molecule has 1 heterocycles. The van der Waals surface area contributed by atoms with Gasteiger partial charge in [-0.25, -0.2) is 9.48 Å². The van der Waals surface area contributed by atoms with Gasteiger partial charge in [-0.15, -0.1) is 13.2 Å². The van der Waals surface area contributed by atoms with E-state index < -0.39 is 12.4 Å². The number of alkyl halides is 3. The highest BCUT2D eigenvalue weighted by atomic mass is 19.4. The van der Waals surface area contributed by atoms with Crippen LogP contribution in [0.25, 0.3) is 16.9 Å². The van der Waals surface area contributed by atoms with E-state index in [0.717, 1.165) is 11.1 Å². The van der Waals surface area contributed by atoms with Crippen molar-refractivity contribution in [2.24, 2.45) is 0 Å². The molecule has 1 aromatic heterocycles. The first-order valence-corrected chi connectivity index (χ1v) is 10.7. The minimum atomic E-state index is -4.79. The highest BCUT2D eigenvalue weighted by Gasteiger charge is 2.31. The average Bonchev–Trinajstić information content (AvgIpc) is 3.24. The lowest BCUT2D eigenvalue weighted by molar-refractivity contribution is -0.274. The molecule has 0 fully saturated rings. The number of benzene rings is 3. The number of rotatable bonds is 5. The fourth-order valence-electron chi connectivity index (χ4n) is 3.45. The fourth-order valence-corrected chi connectivity index (χ4v) is 3.45. The Morgan fingerprint density at radius 2 is 1.69 bits per heavy atom. The molecule has 4 rings (SSSR count). The number of aryl methyl sites for hydroxylation is 2. The number of nitrogens with zero attached hydrogens (tertiary/aromatic N) is 3. The van der Waals surface area contributed by atoms with Crippen LogP contribution in [0.2, 0.25) is 0 Å². The van der Waals surface area contributed by atoms with Crippen molar-refractivity contribution >= 4 is 17.5 Å². The van der Waals surface area contributed by atoms with Crippen LogP contribution in [0.5, 0.6) is 5.75 Å². The van der Waals surface area contributed by atoms with Crippen LogP contribution in [0.1, 0.15) is 16.7 Å². The quantitative estimate of drug-likeness (QED) is 0.330. The molecule has 0 bridgehead atoms. The van der Waals surface area contributed by atoms with Gasteiger partial charge < -0.3 is 10.1 Å². The molecule has 2 N–H and O–H groups in total. The summed E-state index contributed by atoms with van der Waals surface area (Å²) in [7, 11) is 0. The summed E-state index contributed by atoms with van der Waals surface area (Å²) in [4.78, 5) is 12.8. The zero-order chi connectivity index (χ0) is 25.9. The maximum Gasteiger partial charge on any atom is 0.573 e. The zero-order valence-electron chi connectivity index (χ0n) is 19.2. The van der Waals surface area contributed by atoms with Gasteiger partial charge >= 0.3 is 12.4 Å². The minimum absolute atomic E-state index is 0.303. The Bertz CT molecular complexity index is 1450. The van der Waals surface area contributed by atoms with Gasteiger partial charge in [-0.1, -0.05) is 18.2 Å². The zero-order valence-corrected chi connectivity index (χ0v) is 19.2. The standard InChI is InChI=1S/C26H20F3N5O2/c1-16-7-10-20(13-17(16)2)34-24(32-25(35)31-22-6-4-3-5-19(22)15-30)14-23(33-34)18-8-11-21(12-9-18)36-26(27,28)29/h3-14H,1-2H3,(H2,31,32,35). The average molecular weight is 491 g/mol. The summed E-state index contributed by atoms with van der Waals surface area (Å²) >= 11 is 0. The lowest BCUT2D eigenvalue weighted by Crippen LogP contribution is -2.21. The first-order chi connectivity index (χ1) is 17.1. The molecule has 4 aromatic rings. The molecule has 0 saturated carbocycles. The van der Waals surface area contributed by atoms with Gasteiger partial charge in [0.2, 0.25) is 0 Å². The van der Waals surface area contributed by atoms with Gasteiger partial charge in [0.25, 0.3) is 0 Å². The molecule has 0 aliphatic carbocycles. The summed E-state index contributed by atoms with van der Waals surface area (Å²) in [6, 6.07) is 20.5. The molecule has 36 heavy (non-hydrogen) atoms. The molecule has 0 aliphatic rings. The van der Waals surface area contributed by atoms with Crippen molar-refractivity contribution in [1.29, 1.82) is 5.26 Å². The molecule has 7 nitrogen and oxygen atoms in total. The molecule has 2 amide bonds. The third kappa shape index (κ3) is 5.64. The molecule has 0 radical (unpaired) electrons. The van der Waals surface area contributed by atoms with E-state index in [9.17, 15) is 23.2 Å². The Morgan fingerprint density at radius 1 is 0.972 bits per heavy atom. The SMILES string of the molecule is Cc1ccc(-n2nc(-c3ccc(OC(F)(F)F)cc3)cc2NC(=O)Nc2ccccc2C#N)cc1C. The van der Waals surface area contributed by atoms with Crippen LogP contribution in [-0.4, -0.2) is 22.2 Å². The van der Waals surface area contributed by atoms with Gasteiger partial charge in [0.1, 0.15) is 17.6 Å². The first-order valence-electron chi connectivity index (χ1n) is 10.7. The van der Waals surface area contributed by atoms with Gasteiger partial charge in [-0.3, -0.25) is 5.32 Å². The summed E-state index contributed by atoms with van der Waals surface area (Å²) in [5, 5.41) is 19.2. The predicted octanol–water partition coefficient (Wildman–Crippen LogP) is 6.57. The van der Waals surface area contributed by atoms with Crippen molar-refractivity contribution in [3.63, 3.8) is 0 Å². The monoisotopic (exact) mass is 491 g/mol. The summed E-state index contributed by atoms with van der Waals surface area (Å²) in [6.07, 6.45) is -4.79. The van der Waals surface area contributed by atoms with Crippen LogP contribution in [-0.2, 0) is 0 Å². The van der Waals surface area contributed by atoms with E-state index in [1.165, 1.54) is 28.9 Å². The molecule has 10 heteroatoms. The summed E-state index contributed by atoms with van der Waals surface area (Å²) in [6.45, 7) is 3.92. The highest BCUT2D eigenvalue weighted by molar-refractivity contribution is 6.00. The number of nitrogens with one attached hydrogen (secondary N) is 2. The Kier molecular flexibility index (Phi) is 6.65. The van der Waals surface area contributed by atoms with E-state index >= 15 is 0 Å². The predicted molar refractivity (Wildman–Crippen MR) is 129 cm³/mol. The van der Waals surface area contributed by atoms with Crippen molar-refractivity contribution in [1.82, 2.24) is 9.78 Å². The van der Waals surface area contributed by atoms with Crippen LogP contribution < -0.4 is 15.4 Å². The second kappa shape index (κ2) is 9.84. The van der Waals surface area contributed by atoms with Crippen molar-refractivity contribution in [2.75, 3.05) is 10.6 Å². The number of amides is 2. The topological polar surface area (TPSA) is 92.0 Å². The smallest absolute Gasteiger partial charge is 0.406 e. The molecule has 0 unspecified atom stereocenters. The number of anilines is 2. The molecule has 3 aromatic carbocycles. The van der Waals surface area contributed by atoms with Crippen molar-refractivity contribution in [2.45, 2.75) is 20.2 Å². The maximum absolute atomic E-state index is 12.8. The largest absolute Gasteiger partial charge is 0.573 e. The van der Waals surface area contributed by atoms with Crippen LogP contribution in [0.3, 0.4) is 0 Å². The third-order valence-electron chi connectivity index (χ3n) is 5.37. The van der Waals surface area contributed by atoms with E-state index in [1.807, 2.05) is 38.1 Å². The molecular formula is C26H20F3N5O2. The van der Waals surface area contributed by atoms with E-state index in [0.29, 0.717) is 34.0 Å². The number of halogens is 3. The van der Waals surface area contributed by atoms with Crippen molar-refractivity contribution in [3.8, 4) is 28.8 Å². The van der Waals surface area contributed by atoms with Crippen molar-refractivity contribution in [3.05, 3.63) is 89.5 Å². The number of aromatic nitrogens is 2. The van der Waals surface area contributed by atoms with E-state index in [1.54, 1.807) is 30.3 Å². The maximum atomic E-state index is 12.8. The van der Waals surface area contributed by atoms with Crippen molar-refractivity contribution < 1.29 is 22.7 Å². The number of ether oxygens (including phenoxy) is 1. The molecule has 0 aliphatic heterocycles. The Hall–Kier alpha value is -4.78. The van der Waals surface area contributed by atoms with Crippen LogP contribution in [0, 0.1) is 25.2 Å². The normalized spacial score (nSPS) is 11.0. The molecule has 182 valence electrons. The third-order valence-corrected chi connectivity index (χ3v) is 5.37. The number of carbonyl (C=O) groups is 1.